The topological polar surface area (TPSA) is 266 Å². The predicted molar refractivity (Wildman–Crippen MR) is 268 cm³/mol. The second kappa shape index (κ2) is 29.1. The molecular formula is C50H79N13O4. The van der Waals surface area contributed by atoms with Crippen molar-refractivity contribution in [1.29, 1.82) is 0 Å². The van der Waals surface area contributed by atoms with E-state index in [1.807, 2.05) is 44.2 Å². The lowest BCUT2D eigenvalue weighted by Gasteiger charge is -2.32. The van der Waals surface area contributed by atoms with Crippen molar-refractivity contribution >= 4 is 47.7 Å². The minimum absolute atomic E-state index is 0.00910. The van der Waals surface area contributed by atoms with Crippen molar-refractivity contribution in [2.75, 3.05) is 26.2 Å². The van der Waals surface area contributed by atoms with Gasteiger partial charge in [0.15, 0.2) is 11.8 Å². The molecule has 2 aromatic rings. The smallest absolute Gasteiger partial charge is 0.245 e. The lowest BCUT2D eigenvalue weighted by Crippen LogP contribution is -2.54. The number of unbranched alkanes of at least 4 members (excludes halogenated alkanes) is 3. The van der Waals surface area contributed by atoms with Gasteiger partial charge in [0.2, 0.25) is 23.6 Å². The number of aryl methyl sites for hydroxylation is 1. The number of allylic oxidation sites excluding steroid dienone is 4. The van der Waals surface area contributed by atoms with Gasteiger partial charge in [-0.2, -0.15) is 0 Å². The van der Waals surface area contributed by atoms with Crippen molar-refractivity contribution in [2.24, 2.45) is 44.8 Å². The molecule has 1 fully saturated rings. The molecule has 1 aromatic carbocycles. The molecule has 4 unspecified atom stereocenters. The number of nitrogens with one attached hydrogen (secondary N) is 4. The summed E-state index contributed by atoms with van der Waals surface area (Å²) in [7, 11) is 0. The molecule has 4 rings (SSSR count). The Morgan fingerprint density at radius 2 is 1.69 bits per heavy atom. The fourth-order valence-corrected chi connectivity index (χ4v) is 8.84. The maximum atomic E-state index is 14.6. The number of carbonyl (C=O) groups excluding carboxylic acids is 4. The fraction of sp³-hybridized carbons (Fsp3) is 0.580. The molecule has 1 aliphatic carbocycles. The van der Waals surface area contributed by atoms with Crippen LogP contribution in [0.2, 0.25) is 0 Å². The van der Waals surface area contributed by atoms with Gasteiger partial charge in [-0.05, 0) is 107 Å². The lowest BCUT2D eigenvalue weighted by molar-refractivity contribution is -0.139. The highest BCUT2D eigenvalue weighted by Crippen LogP contribution is 2.25. The number of amides is 4. The number of hydrogen-bond donors (Lipinski definition) is 8. The molecule has 0 bridgehead atoms. The third kappa shape index (κ3) is 17.4. The quantitative estimate of drug-likeness (QED) is 0.0256. The maximum Gasteiger partial charge on any atom is 0.245 e. The number of rotatable bonds is 29. The van der Waals surface area contributed by atoms with Gasteiger partial charge in [0.1, 0.15) is 17.2 Å². The van der Waals surface area contributed by atoms with E-state index < -0.39 is 24.0 Å². The zero-order valence-corrected chi connectivity index (χ0v) is 40.3. The second-order valence-electron chi connectivity index (χ2n) is 18.1. The number of aliphatic imine (C=N–C) groups is 2. The average Bonchev–Trinajstić information content (AvgIpc) is 3.92. The van der Waals surface area contributed by atoms with Crippen molar-refractivity contribution in [3.63, 3.8) is 0 Å². The van der Waals surface area contributed by atoms with E-state index in [1.54, 1.807) is 4.90 Å². The maximum absolute atomic E-state index is 14.6. The first kappa shape index (κ1) is 53.8. The van der Waals surface area contributed by atoms with Crippen LogP contribution in [0.1, 0.15) is 128 Å². The highest BCUT2D eigenvalue weighted by Gasteiger charge is 2.37. The summed E-state index contributed by atoms with van der Waals surface area (Å²) in [6.45, 7) is 12.4. The largest absolute Gasteiger partial charge is 0.370 e. The molecule has 2 heterocycles. The minimum Gasteiger partial charge on any atom is -0.370 e. The summed E-state index contributed by atoms with van der Waals surface area (Å²) in [5.41, 5.74) is 30.8. The molecular weight excluding hydrogens is 847 g/mol. The van der Waals surface area contributed by atoms with Crippen LogP contribution in [-0.2, 0) is 32.1 Å². The summed E-state index contributed by atoms with van der Waals surface area (Å²) in [5, 5.41) is 7.75. The van der Waals surface area contributed by atoms with Gasteiger partial charge in [0, 0.05) is 51.0 Å². The number of nitrogens with zero attached hydrogens (tertiary/aromatic N) is 5. The van der Waals surface area contributed by atoms with Gasteiger partial charge >= 0.3 is 0 Å². The molecule has 368 valence electrons. The van der Waals surface area contributed by atoms with E-state index in [1.165, 1.54) is 0 Å². The number of guanidine groups is 1. The molecule has 67 heavy (non-hydrogen) atoms. The Bertz CT molecular complexity index is 2130. The Balaban J connectivity index is 1.58. The molecule has 12 N–H and O–H groups in total. The monoisotopic (exact) mass is 926 g/mol. The van der Waals surface area contributed by atoms with Crippen LogP contribution in [0.4, 0.5) is 0 Å². The number of likely N-dealkylation sites (tertiary alicyclic amines) is 1. The molecule has 4 atom stereocenters. The van der Waals surface area contributed by atoms with Crippen molar-refractivity contribution in [3.05, 3.63) is 76.7 Å². The van der Waals surface area contributed by atoms with E-state index in [4.69, 9.17) is 27.9 Å². The van der Waals surface area contributed by atoms with Gasteiger partial charge in [-0.25, -0.2) is 9.98 Å². The SMILES string of the molecule is C=N/C(NNC(=O)CC1CCCN1C(=O)C(CCCN=C(N)N)NC(=O)C(CC(C)C)C(CCCCN)NC(=O)CCCCN)=c1/nc(CCCC)n(Cc2ccccc2)/c1=C1\C=CC=CC1. The molecule has 0 saturated carbocycles. The Morgan fingerprint density at radius 1 is 0.925 bits per heavy atom. The first-order chi connectivity index (χ1) is 32.4. The summed E-state index contributed by atoms with van der Waals surface area (Å²) < 4.78 is 2.25. The van der Waals surface area contributed by atoms with Gasteiger partial charge in [0.05, 0.1) is 11.3 Å². The van der Waals surface area contributed by atoms with Crippen LogP contribution in [0.15, 0.2) is 64.6 Å². The van der Waals surface area contributed by atoms with Crippen LogP contribution in [-0.4, -0.2) is 95.1 Å². The van der Waals surface area contributed by atoms with Gasteiger partial charge in [0.25, 0.3) is 0 Å². The standard InChI is InChI=1S/C50H79N13O4/c1-5-6-26-42-59-45(46(37-21-11-8-12-22-37)63(42)34-36-19-9-7-10-20-36)47(55-4)61-60-44(65)33-38-23-18-31-62(38)49(67)41(25-17-30-56-50(53)54)58-48(66)39(32-35(2)3)40(24-13-15-28-51)57-43(64)27-14-16-29-52/h7-12,19-21,35,38-41,61H,4-6,13-18,22-34,51-52H2,1-3H3,(H,57,64)(H,58,66)(H,60,65)(H4,53,54,56)/b46-37+,47-45-. The number of benzene rings is 1. The molecule has 1 aliphatic heterocycles. The molecule has 1 aromatic heterocycles. The predicted octanol–water partition coefficient (Wildman–Crippen LogP) is 2.65. The van der Waals surface area contributed by atoms with Gasteiger partial charge in [-0.3, -0.25) is 35.0 Å². The van der Waals surface area contributed by atoms with Gasteiger partial charge in [-0.15, -0.1) is 0 Å². The van der Waals surface area contributed by atoms with Gasteiger partial charge in [-0.1, -0.05) is 88.2 Å². The third-order valence-corrected chi connectivity index (χ3v) is 12.2. The number of hydrogen-bond acceptors (Lipinski definition) is 10. The Kier molecular flexibility index (Phi) is 23.3. The fourth-order valence-electron chi connectivity index (χ4n) is 8.84. The normalized spacial score (nSPS) is 17.1. The Morgan fingerprint density at radius 3 is 2.36 bits per heavy atom. The van der Waals surface area contributed by atoms with E-state index in [2.05, 4.69) is 74.0 Å². The van der Waals surface area contributed by atoms with Gasteiger partial charge < -0.3 is 43.0 Å². The number of carbonyl (C=O) groups is 4. The zero-order valence-electron chi connectivity index (χ0n) is 40.3. The molecule has 2 aliphatic rings. The van der Waals surface area contributed by atoms with Crippen molar-refractivity contribution in [3.8, 4) is 0 Å². The first-order valence-corrected chi connectivity index (χ1v) is 24.5. The number of imidazole rings is 1. The van der Waals surface area contributed by atoms with E-state index in [-0.39, 0.29) is 54.9 Å². The Labute approximate surface area is 397 Å². The zero-order chi connectivity index (χ0) is 48.6. The average molecular weight is 926 g/mol. The highest BCUT2D eigenvalue weighted by atomic mass is 16.2. The molecule has 1 saturated heterocycles. The Hall–Kier alpha value is -5.81. The van der Waals surface area contributed by atoms with Crippen LogP contribution in [0.5, 0.6) is 0 Å². The molecule has 4 amide bonds. The minimum atomic E-state index is -0.916. The van der Waals surface area contributed by atoms with Crippen molar-refractivity contribution in [1.82, 2.24) is 35.9 Å². The lowest BCUT2D eigenvalue weighted by atomic mass is 9.86. The molecule has 0 spiro atoms. The summed E-state index contributed by atoms with van der Waals surface area (Å²) in [4.78, 5) is 71.3. The summed E-state index contributed by atoms with van der Waals surface area (Å²) in [6.07, 6.45) is 17.9. The number of hydrazine groups is 1. The van der Waals surface area contributed by atoms with Crippen LogP contribution in [0.25, 0.3) is 11.4 Å². The van der Waals surface area contributed by atoms with Crippen LogP contribution in [0.3, 0.4) is 0 Å². The number of aromatic nitrogens is 2. The van der Waals surface area contributed by atoms with Crippen LogP contribution in [0, 0.1) is 11.8 Å². The number of nitrogens with two attached hydrogens (primary N) is 4. The summed E-state index contributed by atoms with van der Waals surface area (Å²) >= 11 is 0. The van der Waals surface area contributed by atoms with E-state index in [9.17, 15) is 19.2 Å². The molecule has 17 heteroatoms. The first-order valence-electron chi connectivity index (χ1n) is 24.5. The second-order valence-corrected chi connectivity index (χ2v) is 18.1. The summed E-state index contributed by atoms with van der Waals surface area (Å²) in [6, 6.07) is 8.47. The van der Waals surface area contributed by atoms with Crippen molar-refractivity contribution in [2.45, 2.75) is 148 Å². The van der Waals surface area contributed by atoms with Crippen molar-refractivity contribution < 1.29 is 19.2 Å². The molecule has 17 nitrogen and oxygen atoms in total. The van der Waals surface area contributed by atoms with Crippen LogP contribution < -0.4 is 55.1 Å². The van der Waals surface area contributed by atoms with E-state index >= 15 is 0 Å². The van der Waals surface area contributed by atoms with Crippen LogP contribution >= 0.6 is 0 Å². The van der Waals surface area contributed by atoms with E-state index in [0.717, 1.165) is 60.8 Å². The summed E-state index contributed by atoms with van der Waals surface area (Å²) in [5.74, 6) is -0.375. The third-order valence-electron chi connectivity index (χ3n) is 12.2. The van der Waals surface area contributed by atoms with E-state index in [0.29, 0.717) is 88.7 Å². The molecule has 0 radical (unpaired) electrons. The highest BCUT2D eigenvalue weighted by molar-refractivity contribution is 5.90.